The van der Waals surface area contributed by atoms with Crippen molar-refractivity contribution in [2.24, 2.45) is 0 Å². The fourth-order valence-corrected chi connectivity index (χ4v) is 2.01. The highest BCUT2D eigenvalue weighted by molar-refractivity contribution is 6.37. The Hall–Kier alpha value is -1.12. The molecule has 1 aromatic heterocycles. The van der Waals surface area contributed by atoms with Crippen molar-refractivity contribution >= 4 is 23.2 Å². The topological polar surface area (TPSA) is 22.4 Å². The Morgan fingerprint density at radius 2 is 1.94 bits per heavy atom. The molecule has 2 rings (SSSR count). The number of rotatable bonds is 3. The molecular formula is C13H12Cl2O2. The number of halogens is 2. The van der Waals surface area contributed by atoms with E-state index in [0.717, 1.165) is 5.56 Å². The van der Waals surface area contributed by atoms with Gasteiger partial charge in [0.05, 0.1) is 22.4 Å². The van der Waals surface area contributed by atoms with Crippen molar-refractivity contribution in [2.45, 2.75) is 20.0 Å². The van der Waals surface area contributed by atoms with Crippen molar-refractivity contribution in [2.75, 3.05) is 0 Å². The molecule has 0 saturated heterocycles. The van der Waals surface area contributed by atoms with E-state index in [2.05, 4.69) is 0 Å². The predicted molar refractivity (Wildman–Crippen MR) is 69.9 cm³/mol. The Balaban J connectivity index is 2.46. The maximum atomic E-state index is 6.13. The Bertz CT molecular complexity index is 504. The van der Waals surface area contributed by atoms with Crippen LogP contribution in [0.4, 0.5) is 0 Å². The summed E-state index contributed by atoms with van der Waals surface area (Å²) in [5.74, 6) is 1.30. The SMILES string of the molecule is CC(C)Oc1cc(-c2ccco2)c(Cl)cc1Cl. The summed E-state index contributed by atoms with van der Waals surface area (Å²) in [6, 6.07) is 7.11. The maximum absolute atomic E-state index is 6.13. The first-order valence-corrected chi connectivity index (χ1v) is 6.03. The normalized spacial score (nSPS) is 10.9. The minimum atomic E-state index is 0.0538. The minimum Gasteiger partial charge on any atom is -0.489 e. The summed E-state index contributed by atoms with van der Waals surface area (Å²) in [6.07, 6.45) is 1.65. The van der Waals surface area contributed by atoms with Crippen molar-refractivity contribution in [1.82, 2.24) is 0 Å². The molecule has 1 heterocycles. The third-order valence-corrected chi connectivity index (χ3v) is 2.78. The summed E-state index contributed by atoms with van der Waals surface area (Å²) in [5.41, 5.74) is 0.775. The van der Waals surface area contributed by atoms with E-state index in [9.17, 15) is 0 Å². The van der Waals surface area contributed by atoms with Crippen LogP contribution < -0.4 is 4.74 Å². The fraction of sp³-hybridized carbons (Fsp3) is 0.231. The van der Waals surface area contributed by atoms with Gasteiger partial charge in [-0.3, -0.25) is 0 Å². The third-order valence-electron chi connectivity index (χ3n) is 2.17. The number of furan rings is 1. The molecule has 0 fully saturated rings. The van der Waals surface area contributed by atoms with Gasteiger partial charge in [-0.15, -0.1) is 0 Å². The molecule has 90 valence electrons. The zero-order valence-corrected chi connectivity index (χ0v) is 11.0. The first-order valence-electron chi connectivity index (χ1n) is 5.27. The van der Waals surface area contributed by atoms with Crippen LogP contribution in [0.2, 0.25) is 10.0 Å². The quantitative estimate of drug-likeness (QED) is 0.780. The van der Waals surface area contributed by atoms with Gasteiger partial charge in [0.2, 0.25) is 0 Å². The smallest absolute Gasteiger partial charge is 0.139 e. The molecule has 4 heteroatoms. The average Bonchev–Trinajstić information content (AvgIpc) is 2.74. The van der Waals surface area contributed by atoms with Crippen molar-refractivity contribution in [3.8, 4) is 17.1 Å². The lowest BCUT2D eigenvalue weighted by molar-refractivity contribution is 0.242. The van der Waals surface area contributed by atoms with Gasteiger partial charge < -0.3 is 9.15 Å². The monoisotopic (exact) mass is 270 g/mol. The lowest BCUT2D eigenvalue weighted by Crippen LogP contribution is -2.06. The lowest BCUT2D eigenvalue weighted by Gasteiger charge is -2.13. The molecule has 0 aliphatic carbocycles. The molecule has 0 atom stereocenters. The molecule has 0 bridgehead atoms. The summed E-state index contributed by atoms with van der Waals surface area (Å²) in [5, 5.41) is 1.04. The summed E-state index contributed by atoms with van der Waals surface area (Å²) in [7, 11) is 0. The van der Waals surface area contributed by atoms with Gasteiger partial charge in [0.25, 0.3) is 0 Å². The molecule has 0 spiro atoms. The molecule has 1 aromatic carbocycles. The molecule has 0 aliphatic heterocycles. The van der Waals surface area contributed by atoms with Gasteiger partial charge in [-0.05, 0) is 38.1 Å². The summed E-state index contributed by atoms with van der Waals surface area (Å²) >= 11 is 12.2. The molecular weight excluding hydrogens is 259 g/mol. The Labute approximate surface area is 110 Å². The number of hydrogen-bond donors (Lipinski definition) is 0. The Kier molecular flexibility index (Phi) is 3.65. The van der Waals surface area contributed by atoms with E-state index in [1.54, 1.807) is 18.4 Å². The van der Waals surface area contributed by atoms with Crippen LogP contribution in [0.3, 0.4) is 0 Å². The van der Waals surface area contributed by atoms with Crippen LogP contribution in [0.25, 0.3) is 11.3 Å². The maximum Gasteiger partial charge on any atom is 0.139 e. The molecule has 0 unspecified atom stereocenters. The van der Waals surface area contributed by atoms with E-state index in [4.69, 9.17) is 32.4 Å². The van der Waals surface area contributed by atoms with Crippen LogP contribution in [0.5, 0.6) is 5.75 Å². The highest BCUT2D eigenvalue weighted by atomic mass is 35.5. The second-order valence-corrected chi connectivity index (χ2v) is 4.72. The van der Waals surface area contributed by atoms with Crippen LogP contribution in [-0.4, -0.2) is 6.10 Å². The first kappa shape index (κ1) is 12.3. The highest BCUT2D eigenvalue weighted by Gasteiger charge is 2.12. The molecule has 0 N–H and O–H groups in total. The molecule has 0 amide bonds. The van der Waals surface area contributed by atoms with Crippen molar-refractivity contribution in [3.05, 3.63) is 40.6 Å². The highest BCUT2D eigenvalue weighted by Crippen LogP contribution is 2.37. The van der Waals surface area contributed by atoms with E-state index in [0.29, 0.717) is 21.6 Å². The average molecular weight is 271 g/mol. The van der Waals surface area contributed by atoms with Gasteiger partial charge in [0.1, 0.15) is 11.5 Å². The van der Waals surface area contributed by atoms with Gasteiger partial charge in [0.15, 0.2) is 0 Å². The van der Waals surface area contributed by atoms with Crippen molar-refractivity contribution in [1.29, 1.82) is 0 Å². The largest absolute Gasteiger partial charge is 0.489 e. The van der Waals surface area contributed by atoms with E-state index in [1.807, 2.05) is 26.0 Å². The van der Waals surface area contributed by atoms with Gasteiger partial charge >= 0.3 is 0 Å². The zero-order valence-electron chi connectivity index (χ0n) is 9.54. The Morgan fingerprint density at radius 3 is 2.53 bits per heavy atom. The van der Waals surface area contributed by atoms with Crippen LogP contribution in [0.15, 0.2) is 34.9 Å². The third kappa shape index (κ3) is 2.76. The molecule has 2 nitrogen and oxygen atoms in total. The minimum absolute atomic E-state index is 0.0538. The lowest BCUT2D eigenvalue weighted by atomic mass is 10.1. The molecule has 0 radical (unpaired) electrons. The van der Waals surface area contributed by atoms with E-state index in [1.165, 1.54) is 0 Å². The molecule has 17 heavy (non-hydrogen) atoms. The van der Waals surface area contributed by atoms with Crippen LogP contribution in [0, 0.1) is 0 Å². The van der Waals surface area contributed by atoms with E-state index < -0.39 is 0 Å². The molecule has 0 saturated carbocycles. The second kappa shape index (κ2) is 5.03. The van der Waals surface area contributed by atoms with Crippen LogP contribution in [-0.2, 0) is 0 Å². The summed E-state index contributed by atoms with van der Waals surface area (Å²) in [6.45, 7) is 3.88. The van der Waals surface area contributed by atoms with Gasteiger partial charge in [0, 0.05) is 5.56 Å². The molecule has 2 aromatic rings. The second-order valence-electron chi connectivity index (χ2n) is 3.91. The number of benzene rings is 1. The van der Waals surface area contributed by atoms with Gasteiger partial charge in [-0.2, -0.15) is 0 Å². The molecule has 0 aliphatic rings. The van der Waals surface area contributed by atoms with Crippen molar-refractivity contribution < 1.29 is 9.15 Å². The first-order chi connectivity index (χ1) is 8.08. The number of ether oxygens (including phenoxy) is 1. The fourth-order valence-electron chi connectivity index (χ4n) is 1.49. The van der Waals surface area contributed by atoms with Gasteiger partial charge in [-0.25, -0.2) is 0 Å². The summed E-state index contributed by atoms with van der Waals surface area (Å²) in [4.78, 5) is 0. The van der Waals surface area contributed by atoms with E-state index >= 15 is 0 Å². The number of hydrogen-bond acceptors (Lipinski definition) is 2. The van der Waals surface area contributed by atoms with Gasteiger partial charge in [-0.1, -0.05) is 23.2 Å². The van der Waals surface area contributed by atoms with E-state index in [-0.39, 0.29) is 6.10 Å². The Morgan fingerprint density at radius 1 is 1.18 bits per heavy atom. The standard InChI is InChI=1S/C13H12Cl2O2/c1-8(2)17-13-6-9(10(14)7-11(13)15)12-4-3-5-16-12/h3-8H,1-2H3. The van der Waals surface area contributed by atoms with Crippen LogP contribution in [0.1, 0.15) is 13.8 Å². The van der Waals surface area contributed by atoms with Crippen molar-refractivity contribution in [3.63, 3.8) is 0 Å². The summed E-state index contributed by atoms with van der Waals surface area (Å²) < 4.78 is 10.9. The zero-order chi connectivity index (χ0) is 12.4. The van der Waals surface area contributed by atoms with Crippen LogP contribution >= 0.6 is 23.2 Å². The predicted octanol–water partition coefficient (Wildman–Crippen LogP) is 5.04.